The maximum absolute atomic E-state index is 11.8. The first-order valence-corrected chi connectivity index (χ1v) is 6.01. The van der Waals surface area contributed by atoms with Crippen LogP contribution in [0.4, 0.5) is 0 Å². The van der Waals surface area contributed by atoms with E-state index in [4.69, 9.17) is 11.6 Å². The Kier molecular flexibility index (Phi) is 4.61. The van der Waals surface area contributed by atoms with Crippen molar-refractivity contribution in [2.45, 2.75) is 19.9 Å². The molecule has 1 rings (SSSR count). The highest BCUT2D eigenvalue weighted by atomic mass is 79.9. The normalized spacial score (nSPS) is 12.3. The molecule has 0 radical (unpaired) electrons. The molecule has 0 bridgehead atoms. The van der Waals surface area contributed by atoms with Crippen LogP contribution in [0.25, 0.3) is 0 Å². The molecule has 0 aromatic heterocycles. The monoisotopic (exact) mass is 289 g/mol. The number of hydrogen-bond acceptors (Lipinski definition) is 1. The van der Waals surface area contributed by atoms with Crippen molar-refractivity contribution in [1.82, 2.24) is 5.32 Å². The molecule has 15 heavy (non-hydrogen) atoms. The largest absolute Gasteiger partial charge is 0.348 e. The third kappa shape index (κ3) is 3.21. The maximum atomic E-state index is 11.8. The van der Waals surface area contributed by atoms with E-state index in [0.29, 0.717) is 11.4 Å². The van der Waals surface area contributed by atoms with Crippen molar-refractivity contribution >= 4 is 33.4 Å². The smallest absolute Gasteiger partial charge is 0.251 e. The summed E-state index contributed by atoms with van der Waals surface area (Å²) in [7, 11) is 0. The lowest BCUT2D eigenvalue weighted by atomic mass is 10.1. The molecule has 4 heteroatoms. The van der Waals surface area contributed by atoms with Gasteiger partial charge in [0.2, 0.25) is 0 Å². The van der Waals surface area contributed by atoms with Crippen LogP contribution in [0.15, 0.2) is 22.7 Å². The minimum absolute atomic E-state index is 0.0162. The van der Waals surface area contributed by atoms with Gasteiger partial charge in [-0.2, -0.15) is 0 Å². The zero-order chi connectivity index (χ0) is 11.4. The lowest BCUT2D eigenvalue weighted by Crippen LogP contribution is -2.34. The predicted octanol–water partition coefficient (Wildman–Crippen LogP) is 3.11. The fraction of sp³-hybridized carbons (Fsp3) is 0.364. The molecule has 2 nitrogen and oxygen atoms in total. The number of nitrogens with one attached hydrogen (secondary N) is 1. The van der Waals surface area contributed by atoms with Gasteiger partial charge in [0.1, 0.15) is 0 Å². The van der Waals surface area contributed by atoms with Gasteiger partial charge in [-0.1, -0.05) is 22.0 Å². The zero-order valence-electron chi connectivity index (χ0n) is 8.68. The average Bonchev–Trinajstić information content (AvgIpc) is 2.21. The number of amides is 1. The summed E-state index contributed by atoms with van der Waals surface area (Å²) in [6.45, 7) is 3.78. The Labute approximate surface area is 103 Å². The topological polar surface area (TPSA) is 29.1 Å². The molecule has 1 atom stereocenters. The standard InChI is InChI=1S/C11H13BrClNO/c1-7(6-13)14-11(15)9-4-3-5-10(12)8(9)2/h3-5,7H,6H2,1-2H3,(H,14,15). The van der Waals surface area contributed by atoms with Crippen LogP contribution < -0.4 is 5.32 Å². The number of carbonyl (C=O) groups is 1. The summed E-state index contributed by atoms with van der Waals surface area (Å²) in [6, 6.07) is 5.54. The first-order chi connectivity index (χ1) is 7.06. The molecule has 0 spiro atoms. The second-order valence-electron chi connectivity index (χ2n) is 3.44. The summed E-state index contributed by atoms with van der Waals surface area (Å²) in [5, 5.41) is 2.82. The summed E-state index contributed by atoms with van der Waals surface area (Å²) < 4.78 is 0.939. The van der Waals surface area contributed by atoms with Crippen molar-refractivity contribution in [3.05, 3.63) is 33.8 Å². The fourth-order valence-electron chi connectivity index (χ4n) is 1.19. The maximum Gasteiger partial charge on any atom is 0.251 e. The van der Waals surface area contributed by atoms with Gasteiger partial charge in [0.05, 0.1) is 0 Å². The Balaban J connectivity index is 2.87. The van der Waals surface area contributed by atoms with Crippen molar-refractivity contribution in [2.75, 3.05) is 5.88 Å². The molecule has 1 amide bonds. The molecular formula is C11H13BrClNO. The van der Waals surface area contributed by atoms with Gasteiger partial charge in [-0.25, -0.2) is 0 Å². The summed E-state index contributed by atoms with van der Waals surface area (Å²) in [6.07, 6.45) is 0. The molecule has 0 fully saturated rings. The van der Waals surface area contributed by atoms with E-state index in [9.17, 15) is 4.79 Å². The van der Waals surface area contributed by atoms with Crippen LogP contribution in [-0.2, 0) is 0 Å². The predicted molar refractivity (Wildman–Crippen MR) is 66.5 cm³/mol. The summed E-state index contributed by atoms with van der Waals surface area (Å²) in [4.78, 5) is 11.8. The van der Waals surface area contributed by atoms with Crippen molar-refractivity contribution in [3.8, 4) is 0 Å². The number of hydrogen-bond donors (Lipinski definition) is 1. The minimum atomic E-state index is -0.0815. The van der Waals surface area contributed by atoms with E-state index in [1.807, 2.05) is 26.0 Å². The number of benzene rings is 1. The Morgan fingerprint density at radius 1 is 1.60 bits per heavy atom. The molecule has 1 aromatic carbocycles. The summed E-state index contributed by atoms with van der Waals surface area (Å²) in [5.41, 5.74) is 1.62. The average molecular weight is 291 g/mol. The van der Waals surface area contributed by atoms with Gasteiger partial charge in [-0.05, 0) is 31.5 Å². The highest BCUT2D eigenvalue weighted by molar-refractivity contribution is 9.10. The molecule has 0 saturated carbocycles. The molecule has 1 aromatic rings. The van der Waals surface area contributed by atoms with Crippen molar-refractivity contribution in [2.24, 2.45) is 0 Å². The van der Waals surface area contributed by atoms with Crippen LogP contribution in [-0.4, -0.2) is 17.8 Å². The van der Waals surface area contributed by atoms with E-state index >= 15 is 0 Å². The van der Waals surface area contributed by atoms with Crippen molar-refractivity contribution in [1.29, 1.82) is 0 Å². The lowest BCUT2D eigenvalue weighted by Gasteiger charge is -2.12. The third-order valence-electron chi connectivity index (χ3n) is 2.12. The van der Waals surface area contributed by atoms with E-state index in [1.165, 1.54) is 0 Å². The van der Waals surface area contributed by atoms with E-state index < -0.39 is 0 Å². The van der Waals surface area contributed by atoms with E-state index in [0.717, 1.165) is 10.0 Å². The Morgan fingerprint density at radius 2 is 2.27 bits per heavy atom. The van der Waals surface area contributed by atoms with Gasteiger partial charge >= 0.3 is 0 Å². The van der Waals surface area contributed by atoms with Crippen LogP contribution in [0.5, 0.6) is 0 Å². The third-order valence-corrected chi connectivity index (χ3v) is 3.44. The van der Waals surface area contributed by atoms with E-state index in [-0.39, 0.29) is 11.9 Å². The van der Waals surface area contributed by atoms with Gasteiger partial charge in [-0.3, -0.25) is 4.79 Å². The molecule has 0 aliphatic rings. The number of alkyl halides is 1. The summed E-state index contributed by atoms with van der Waals surface area (Å²) in [5.74, 6) is 0.334. The van der Waals surface area contributed by atoms with Crippen molar-refractivity contribution in [3.63, 3.8) is 0 Å². The lowest BCUT2D eigenvalue weighted by molar-refractivity contribution is 0.0943. The quantitative estimate of drug-likeness (QED) is 0.852. The molecule has 1 N–H and O–H groups in total. The highest BCUT2D eigenvalue weighted by Crippen LogP contribution is 2.19. The Bertz CT molecular complexity index is 368. The second kappa shape index (κ2) is 5.52. The SMILES string of the molecule is Cc1c(Br)cccc1C(=O)NC(C)CCl. The van der Waals surface area contributed by atoms with Crippen LogP contribution in [0, 0.1) is 6.92 Å². The van der Waals surface area contributed by atoms with Crippen LogP contribution in [0.3, 0.4) is 0 Å². The van der Waals surface area contributed by atoms with Gasteiger partial charge in [0, 0.05) is 22.0 Å². The fourth-order valence-corrected chi connectivity index (χ4v) is 1.64. The van der Waals surface area contributed by atoms with E-state index in [2.05, 4.69) is 21.2 Å². The van der Waals surface area contributed by atoms with Crippen LogP contribution >= 0.6 is 27.5 Å². The molecule has 82 valence electrons. The van der Waals surface area contributed by atoms with Crippen molar-refractivity contribution < 1.29 is 4.79 Å². The number of halogens is 2. The van der Waals surface area contributed by atoms with Crippen LogP contribution in [0.1, 0.15) is 22.8 Å². The molecule has 1 unspecified atom stereocenters. The first-order valence-electron chi connectivity index (χ1n) is 4.68. The van der Waals surface area contributed by atoms with Gasteiger partial charge in [0.15, 0.2) is 0 Å². The molecule has 0 aliphatic heterocycles. The second-order valence-corrected chi connectivity index (χ2v) is 4.60. The molecular weight excluding hydrogens is 277 g/mol. The zero-order valence-corrected chi connectivity index (χ0v) is 11.0. The Morgan fingerprint density at radius 3 is 2.87 bits per heavy atom. The van der Waals surface area contributed by atoms with E-state index in [1.54, 1.807) is 6.07 Å². The van der Waals surface area contributed by atoms with Gasteiger partial charge in [-0.15, -0.1) is 11.6 Å². The first kappa shape index (κ1) is 12.5. The molecule has 0 aliphatic carbocycles. The van der Waals surface area contributed by atoms with Crippen LogP contribution in [0.2, 0.25) is 0 Å². The minimum Gasteiger partial charge on any atom is -0.348 e. The molecule has 0 heterocycles. The van der Waals surface area contributed by atoms with Gasteiger partial charge in [0.25, 0.3) is 5.91 Å². The number of carbonyl (C=O) groups excluding carboxylic acids is 1. The molecule has 0 saturated heterocycles. The van der Waals surface area contributed by atoms with Gasteiger partial charge < -0.3 is 5.32 Å². The summed E-state index contributed by atoms with van der Waals surface area (Å²) >= 11 is 9.02. The number of rotatable bonds is 3. The highest BCUT2D eigenvalue weighted by Gasteiger charge is 2.12. The Hall–Kier alpha value is -0.540.